The first-order valence-corrected chi connectivity index (χ1v) is 4.70. The lowest BCUT2D eigenvalue weighted by molar-refractivity contribution is 1.01. The Bertz CT molecular complexity index is 239. The summed E-state index contributed by atoms with van der Waals surface area (Å²) in [6.07, 6.45) is 0. The molecule has 0 fully saturated rings. The molecule has 1 heterocycles. The Hall–Kier alpha value is -0.780. The van der Waals surface area contributed by atoms with Crippen molar-refractivity contribution in [1.29, 1.82) is 0 Å². The molecule has 5 nitrogen and oxygen atoms in total. The summed E-state index contributed by atoms with van der Waals surface area (Å²) in [6, 6.07) is 0. The highest BCUT2D eigenvalue weighted by molar-refractivity contribution is 8.01. The lowest BCUT2D eigenvalue weighted by Gasteiger charge is -1.88. The lowest BCUT2D eigenvalue weighted by atomic mass is 10.8. The van der Waals surface area contributed by atoms with Gasteiger partial charge in [0.1, 0.15) is 5.51 Å². The van der Waals surface area contributed by atoms with Gasteiger partial charge in [-0.15, -0.1) is 10.2 Å². The topological polar surface area (TPSA) is 74.5 Å². The third-order valence-corrected chi connectivity index (χ3v) is 2.66. The first-order valence-electron chi connectivity index (χ1n) is 2.83. The van der Waals surface area contributed by atoms with Crippen LogP contribution < -0.4 is 0 Å². The standard InChI is InChI=1S/C4H5N5S2/c5-9-6-1-2-10-4-8-7-3-11-4/h3H,1-2H2. The second-order valence-corrected chi connectivity index (χ2v) is 3.68. The van der Waals surface area contributed by atoms with Gasteiger partial charge in [-0.1, -0.05) is 28.2 Å². The van der Waals surface area contributed by atoms with Crippen molar-refractivity contribution in [3.05, 3.63) is 16.0 Å². The molecule has 0 saturated carbocycles. The number of rotatable bonds is 4. The fourth-order valence-electron chi connectivity index (χ4n) is 0.444. The van der Waals surface area contributed by atoms with E-state index in [1.165, 1.54) is 11.3 Å². The van der Waals surface area contributed by atoms with Crippen molar-refractivity contribution in [2.75, 3.05) is 12.3 Å². The minimum Gasteiger partial charge on any atom is -0.146 e. The molecule has 0 aromatic carbocycles. The van der Waals surface area contributed by atoms with Crippen molar-refractivity contribution >= 4 is 23.1 Å². The first-order chi connectivity index (χ1) is 5.43. The summed E-state index contributed by atoms with van der Waals surface area (Å²) >= 11 is 3.03. The normalized spacial score (nSPS) is 9.09. The number of nitrogens with zero attached hydrogens (tertiary/aromatic N) is 5. The summed E-state index contributed by atoms with van der Waals surface area (Å²) < 4.78 is 0.915. The SMILES string of the molecule is [N-]=[N+]=NCCSc1nncs1. The number of azide groups is 1. The van der Waals surface area contributed by atoms with E-state index in [4.69, 9.17) is 5.53 Å². The molecule has 1 rings (SSSR count). The van der Waals surface area contributed by atoms with Gasteiger partial charge in [0.05, 0.1) is 0 Å². The van der Waals surface area contributed by atoms with E-state index in [9.17, 15) is 0 Å². The smallest absolute Gasteiger partial charge is 0.146 e. The summed E-state index contributed by atoms with van der Waals surface area (Å²) in [6.45, 7) is 0.501. The molecule has 58 valence electrons. The van der Waals surface area contributed by atoms with Gasteiger partial charge < -0.3 is 0 Å². The summed E-state index contributed by atoms with van der Waals surface area (Å²) in [5, 5.41) is 10.9. The van der Waals surface area contributed by atoms with Crippen molar-refractivity contribution in [3.8, 4) is 0 Å². The number of aromatic nitrogens is 2. The van der Waals surface area contributed by atoms with Crippen molar-refractivity contribution in [2.24, 2.45) is 5.11 Å². The predicted octanol–water partition coefficient (Wildman–Crippen LogP) is 1.94. The van der Waals surface area contributed by atoms with Crippen LogP contribution in [0.3, 0.4) is 0 Å². The third-order valence-electron chi connectivity index (χ3n) is 0.820. The van der Waals surface area contributed by atoms with E-state index in [0.29, 0.717) is 6.54 Å². The van der Waals surface area contributed by atoms with Crippen molar-refractivity contribution in [1.82, 2.24) is 10.2 Å². The fraction of sp³-hybridized carbons (Fsp3) is 0.500. The fourth-order valence-corrected chi connectivity index (χ4v) is 1.83. The van der Waals surface area contributed by atoms with Crippen LogP contribution in [0.2, 0.25) is 0 Å². The molecule has 0 spiro atoms. The molecule has 0 N–H and O–H groups in total. The van der Waals surface area contributed by atoms with Gasteiger partial charge in [0.2, 0.25) is 0 Å². The van der Waals surface area contributed by atoms with E-state index < -0.39 is 0 Å². The average Bonchev–Trinajstić information content (AvgIpc) is 2.50. The summed E-state index contributed by atoms with van der Waals surface area (Å²) in [7, 11) is 0. The van der Waals surface area contributed by atoms with Crippen LogP contribution in [0.1, 0.15) is 0 Å². The highest BCUT2D eigenvalue weighted by atomic mass is 32.2. The molecule has 0 aliphatic rings. The van der Waals surface area contributed by atoms with E-state index in [1.54, 1.807) is 17.3 Å². The highest BCUT2D eigenvalue weighted by Crippen LogP contribution is 2.17. The summed E-state index contributed by atoms with van der Waals surface area (Å²) in [5.41, 5.74) is 9.62. The van der Waals surface area contributed by atoms with Crippen LogP contribution in [-0.4, -0.2) is 22.5 Å². The monoisotopic (exact) mass is 187 g/mol. The molecule has 0 unspecified atom stereocenters. The van der Waals surface area contributed by atoms with Crippen LogP contribution in [0.5, 0.6) is 0 Å². The molecular formula is C4H5N5S2. The Labute approximate surface area is 71.5 Å². The second kappa shape index (κ2) is 4.95. The minimum absolute atomic E-state index is 0.501. The zero-order valence-electron chi connectivity index (χ0n) is 5.54. The average molecular weight is 187 g/mol. The van der Waals surface area contributed by atoms with E-state index in [1.807, 2.05) is 0 Å². The predicted molar refractivity (Wildman–Crippen MR) is 44.6 cm³/mol. The molecule has 0 atom stereocenters. The van der Waals surface area contributed by atoms with Crippen molar-refractivity contribution in [3.63, 3.8) is 0 Å². The van der Waals surface area contributed by atoms with Gasteiger partial charge in [-0.25, -0.2) is 0 Å². The Morgan fingerprint density at radius 3 is 3.36 bits per heavy atom. The maximum Gasteiger partial charge on any atom is 0.174 e. The Kier molecular flexibility index (Phi) is 3.74. The van der Waals surface area contributed by atoms with E-state index >= 15 is 0 Å². The van der Waals surface area contributed by atoms with E-state index in [-0.39, 0.29) is 0 Å². The van der Waals surface area contributed by atoms with E-state index in [0.717, 1.165) is 10.1 Å². The maximum atomic E-state index is 7.95. The largest absolute Gasteiger partial charge is 0.174 e. The Balaban J connectivity index is 2.18. The third kappa shape index (κ3) is 3.22. The molecule has 0 aliphatic heterocycles. The van der Waals surface area contributed by atoms with Gasteiger partial charge in [-0.05, 0) is 5.53 Å². The van der Waals surface area contributed by atoms with Crippen LogP contribution in [0.25, 0.3) is 10.4 Å². The molecule has 1 aromatic heterocycles. The minimum atomic E-state index is 0.501. The molecular weight excluding hydrogens is 182 g/mol. The zero-order valence-corrected chi connectivity index (χ0v) is 7.18. The summed E-state index contributed by atoms with van der Waals surface area (Å²) in [5.74, 6) is 0.763. The van der Waals surface area contributed by atoms with Gasteiger partial charge in [0.15, 0.2) is 4.34 Å². The number of thioether (sulfide) groups is 1. The van der Waals surface area contributed by atoms with E-state index in [2.05, 4.69) is 20.2 Å². The van der Waals surface area contributed by atoms with Crippen molar-refractivity contribution in [2.45, 2.75) is 4.34 Å². The molecule has 7 heteroatoms. The van der Waals surface area contributed by atoms with Crippen LogP contribution >= 0.6 is 23.1 Å². The first kappa shape index (κ1) is 8.32. The number of hydrogen-bond donors (Lipinski definition) is 0. The van der Waals surface area contributed by atoms with Gasteiger partial charge >= 0.3 is 0 Å². The van der Waals surface area contributed by atoms with Gasteiger partial charge in [-0.3, -0.25) is 0 Å². The number of hydrogen-bond acceptors (Lipinski definition) is 5. The molecule has 11 heavy (non-hydrogen) atoms. The van der Waals surface area contributed by atoms with Crippen molar-refractivity contribution < 1.29 is 0 Å². The summed E-state index contributed by atoms with van der Waals surface area (Å²) in [4.78, 5) is 2.63. The molecule has 0 radical (unpaired) electrons. The lowest BCUT2D eigenvalue weighted by Crippen LogP contribution is -1.82. The highest BCUT2D eigenvalue weighted by Gasteiger charge is 1.94. The second-order valence-electron chi connectivity index (χ2n) is 1.51. The van der Waals surface area contributed by atoms with Crippen LogP contribution in [-0.2, 0) is 0 Å². The van der Waals surface area contributed by atoms with Gasteiger partial charge in [0.25, 0.3) is 0 Å². The Morgan fingerprint density at radius 1 is 1.82 bits per heavy atom. The molecule has 0 bridgehead atoms. The zero-order chi connectivity index (χ0) is 7.94. The van der Waals surface area contributed by atoms with Crippen LogP contribution in [0.4, 0.5) is 0 Å². The molecule has 0 aliphatic carbocycles. The van der Waals surface area contributed by atoms with Gasteiger partial charge in [-0.2, -0.15) is 0 Å². The van der Waals surface area contributed by atoms with Gasteiger partial charge in [0, 0.05) is 17.2 Å². The Morgan fingerprint density at radius 2 is 2.73 bits per heavy atom. The van der Waals surface area contributed by atoms with Crippen LogP contribution in [0.15, 0.2) is 15.0 Å². The maximum absolute atomic E-state index is 7.95. The van der Waals surface area contributed by atoms with Crippen LogP contribution in [0, 0.1) is 0 Å². The molecule has 1 aromatic rings. The quantitative estimate of drug-likeness (QED) is 0.238. The molecule has 0 saturated heterocycles. The molecule has 0 amide bonds.